The van der Waals surface area contributed by atoms with Gasteiger partial charge in [0, 0.05) is 11.9 Å². The van der Waals surface area contributed by atoms with Crippen LogP contribution in [0.4, 0.5) is 5.69 Å². The van der Waals surface area contributed by atoms with Crippen LogP contribution < -0.4 is 4.74 Å². The molecule has 0 aliphatic carbocycles. The van der Waals surface area contributed by atoms with Gasteiger partial charge in [-0.2, -0.15) is 6.21 Å². The predicted molar refractivity (Wildman–Crippen MR) is 112 cm³/mol. The fourth-order valence-electron chi connectivity index (χ4n) is 1.81. The fourth-order valence-corrected chi connectivity index (χ4v) is 1.81. The molecule has 27 heavy (non-hydrogen) atoms. The Morgan fingerprint density at radius 2 is 1.89 bits per heavy atom. The summed E-state index contributed by atoms with van der Waals surface area (Å²) in [6.45, 7) is 4.73. The fraction of sp³-hybridized carbons (Fsp3) is 0.238. The van der Waals surface area contributed by atoms with Crippen molar-refractivity contribution in [3.63, 3.8) is 0 Å². The molecule has 0 atom stereocenters. The molecular weight excluding hydrogens is 409 g/mol. The number of rotatable bonds is 7. The quantitative estimate of drug-likeness (QED) is 0.283. The van der Waals surface area contributed by atoms with Crippen molar-refractivity contribution in [2.24, 2.45) is 0 Å². The van der Waals surface area contributed by atoms with E-state index in [-0.39, 0.29) is 0 Å². The SMILES string of the molecule is CC/C(C)=C/C=C\C=[N-].COc1ccccc1[N-]Cc1ccccn1.[Cl][Cu]. The molecule has 2 rings (SSSR count). The van der Waals surface area contributed by atoms with E-state index in [0.29, 0.717) is 6.54 Å². The number of para-hydroxylation sites is 2. The van der Waals surface area contributed by atoms with Crippen LogP contribution in [-0.4, -0.2) is 18.3 Å². The van der Waals surface area contributed by atoms with E-state index in [1.54, 1.807) is 19.4 Å². The number of allylic oxidation sites excluding steroid dienone is 4. The van der Waals surface area contributed by atoms with E-state index in [1.807, 2.05) is 54.6 Å². The maximum atomic E-state index is 8.21. The molecule has 0 aliphatic rings. The van der Waals surface area contributed by atoms with Gasteiger partial charge in [0.15, 0.2) is 0 Å². The van der Waals surface area contributed by atoms with E-state index in [0.717, 1.165) is 29.8 Å². The van der Waals surface area contributed by atoms with E-state index >= 15 is 0 Å². The van der Waals surface area contributed by atoms with Crippen LogP contribution in [0.2, 0.25) is 0 Å². The summed E-state index contributed by atoms with van der Waals surface area (Å²) in [5.74, 6) is 0.790. The second kappa shape index (κ2) is 17.3. The van der Waals surface area contributed by atoms with E-state index in [2.05, 4.69) is 49.3 Å². The van der Waals surface area contributed by atoms with Crippen molar-refractivity contribution in [1.29, 1.82) is 0 Å². The van der Waals surface area contributed by atoms with Gasteiger partial charge in [-0.25, -0.2) is 0 Å². The third kappa shape index (κ3) is 12.0. The number of benzene rings is 1. The number of aromatic nitrogens is 1. The number of nitrogens with zero attached hydrogens (tertiary/aromatic N) is 3. The summed E-state index contributed by atoms with van der Waals surface area (Å²) in [6.07, 6.45) is 9.26. The molecule has 0 saturated carbocycles. The van der Waals surface area contributed by atoms with Crippen molar-refractivity contribution >= 4 is 22.0 Å². The summed E-state index contributed by atoms with van der Waals surface area (Å²) in [5.41, 5.74) is 3.12. The van der Waals surface area contributed by atoms with Gasteiger partial charge in [-0.15, -0.1) is 0 Å². The Balaban J connectivity index is 0.000000528. The second-order valence-corrected chi connectivity index (χ2v) is 5.21. The topological polar surface area (TPSA) is 58.5 Å². The summed E-state index contributed by atoms with van der Waals surface area (Å²) >= 11 is 3.66. The van der Waals surface area contributed by atoms with Crippen molar-refractivity contribution in [2.75, 3.05) is 7.11 Å². The maximum absolute atomic E-state index is 8.21. The molecule has 0 radical (unpaired) electrons. The molecule has 1 aromatic carbocycles. The van der Waals surface area contributed by atoms with Gasteiger partial charge >= 0.3 is 25.2 Å². The van der Waals surface area contributed by atoms with Crippen LogP contribution in [0.3, 0.4) is 0 Å². The van der Waals surface area contributed by atoms with E-state index < -0.39 is 0 Å². The Kier molecular flexibility index (Phi) is 16.0. The van der Waals surface area contributed by atoms with Crippen LogP contribution in [0.5, 0.6) is 5.75 Å². The van der Waals surface area contributed by atoms with Crippen LogP contribution in [-0.2, 0) is 21.6 Å². The zero-order valence-electron chi connectivity index (χ0n) is 15.8. The summed E-state index contributed by atoms with van der Waals surface area (Å²) in [6, 6.07) is 13.5. The molecule has 4 nitrogen and oxygen atoms in total. The van der Waals surface area contributed by atoms with Crippen molar-refractivity contribution in [3.05, 3.63) is 88.9 Å². The van der Waals surface area contributed by atoms with Crippen molar-refractivity contribution in [2.45, 2.75) is 26.8 Å². The molecule has 0 spiro atoms. The molecule has 0 bridgehead atoms. The summed E-state index contributed by atoms with van der Waals surface area (Å²) in [5, 5.41) is 12.7. The molecule has 0 amide bonds. The first kappa shape index (κ1) is 24.9. The van der Waals surface area contributed by atoms with Gasteiger partial charge in [-0.1, -0.05) is 67.2 Å². The van der Waals surface area contributed by atoms with Gasteiger partial charge in [-0.3, -0.25) is 4.98 Å². The standard InChI is InChI=1S/C13H13N2O.C8H12N.ClH.Cu/c1-16-13-8-3-2-7-12(13)15-10-11-6-4-5-9-14-11;1-3-8(2)6-4-5-7-9;;/h2-9H,10H2,1H3;4-7H,3H2,1-2H3;1H;/q2*-1;;+1/p-1/b;5-4-,8-6+;;. The van der Waals surface area contributed by atoms with Crippen molar-refractivity contribution < 1.29 is 19.8 Å². The average molecular weight is 434 g/mol. The van der Waals surface area contributed by atoms with Crippen molar-refractivity contribution in [1.82, 2.24) is 4.98 Å². The molecule has 0 fully saturated rings. The number of halogens is 1. The zero-order valence-corrected chi connectivity index (χ0v) is 17.5. The van der Waals surface area contributed by atoms with Gasteiger partial charge in [0.2, 0.25) is 0 Å². The van der Waals surface area contributed by atoms with Crippen LogP contribution >= 0.6 is 10.1 Å². The molecular formula is C21H25ClCuN3O-2. The number of ether oxygens (including phenoxy) is 1. The second-order valence-electron chi connectivity index (χ2n) is 5.21. The predicted octanol–water partition coefficient (Wildman–Crippen LogP) is 6.52. The molecule has 0 N–H and O–H groups in total. The monoisotopic (exact) mass is 433 g/mol. The molecule has 2 aromatic rings. The Bertz CT molecular complexity index is 691. The molecule has 1 aromatic heterocycles. The first-order valence-corrected chi connectivity index (χ1v) is 9.62. The molecule has 150 valence electrons. The Morgan fingerprint density at radius 1 is 1.19 bits per heavy atom. The zero-order chi connectivity index (χ0) is 20.3. The van der Waals surface area contributed by atoms with Gasteiger partial charge in [0.25, 0.3) is 0 Å². The summed E-state index contributed by atoms with van der Waals surface area (Å²) < 4.78 is 5.22. The number of hydrogen-bond acceptors (Lipinski definition) is 2. The van der Waals surface area contributed by atoms with Gasteiger partial charge < -0.3 is 15.5 Å². The average Bonchev–Trinajstić information content (AvgIpc) is 2.75. The third-order valence-corrected chi connectivity index (χ3v) is 3.36. The van der Waals surface area contributed by atoms with E-state index in [4.69, 9.17) is 10.1 Å². The minimum atomic E-state index is 0.571. The van der Waals surface area contributed by atoms with Crippen molar-refractivity contribution in [3.8, 4) is 5.75 Å². The first-order chi connectivity index (χ1) is 13.2. The number of pyridine rings is 1. The van der Waals surface area contributed by atoms with Crippen LogP contribution in [0.15, 0.2) is 72.5 Å². The van der Waals surface area contributed by atoms with Crippen LogP contribution in [0, 0.1) is 0 Å². The van der Waals surface area contributed by atoms with Gasteiger partial charge in [-0.05, 0) is 31.5 Å². The molecule has 1 heterocycles. The van der Waals surface area contributed by atoms with Gasteiger partial charge in [0.1, 0.15) is 5.75 Å². The first-order valence-electron chi connectivity index (χ1n) is 8.33. The number of methoxy groups -OCH3 is 1. The molecule has 0 aliphatic heterocycles. The van der Waals surface area contributed by atoms with E-state index in [9.17, 15) is 0 Å². The van der Waals surface area contributed by atoms with Crippen LogP contribution in [0.1, 0.15) is 26.0 Å². The summed E-state index contributed by atoms with van der Waals surface area (Å²) in [4.78, 5) is 4.21. The number of hydrogen-bond donors (Lipinski definition) is 0. The Labute approximate surface area is 175 Å². The molecule has 6 heteroatoms. The Hall–Kier alpha value is -2.07. The van der Waals surface area contributed by atoms with E-state index in [1.165, 1.54) is 5.57 Å². The summed E-state index contributed by atoms with van der Waals surface area (Å²) in [7, 11) is 5.85. The third-order valence-electron chi connectivity index (χ3n) is 3.36. The van der Waals surface area contributed by atoms with Crippen LogP contribution in [0.25, 0.3) is 10.7 Å². The Morgan fingerprint density at radius 3 is 2.48 bits per heavy atom. The molecule has 0 saturated heterocycles. The minimum absolute atomic E-state index is 0.571. The molecule has 0 unspecified atom stereocenters. The normalized spacial score (nSPS) is 10.2. The van der Waals surface area contributed by atoms with Gasteiger partial charge in [0.05, 0.1) is 7.11 Å².